The second kappa shape index (κ2) is 7.25. The van der Waals surface area contributed by atoms with Crippen LogP contribution in [-0.4, -0.2) is 50.7 Å². The van der Waals surface area contributed by atoms with Crippen LogP contribution in [0.25, 0.3) is 0 Å². The highest BCUT2D eigenvalue weighted by Crippen LogP contribution is 2.15. The maximum absolute atomic E-state index is 4.48. The number of nitrogens with zero attached hydrogens (tertiary/aromatic N) is 3. The summed E-state index contributed by atoms with van der Waals surface area (Å²) in [6.07, 6.45) is 1.86. The Morgan fingerprint density at radius 1 is 1.24 bits per heavy atom. The monoisotopic (exact) mass is 236 g/mol. The zero-order valence-corrected chi connectivity index (χ0v) is 11.4. The van der Waals surface area contributed by atoms with E-state index >= 15 is 0 Å². The molecule has 96 valence electrons. The van der Waals surface area contributed by atoms with Crippen molar-refractivity contribution >= 4 is 5.82 Å². The fraction of sp³-hybridized carbons (Fsp3) is 0.615. The lowest BCUT2D eigenvalue weighted by atomic mass is 10.2. The molecule has 0 aromatic carbocycles. The van der Waals surface area contributed by atoms with E-state index in [1.807, 2.05) is 12.3 Å². The number of rotatable bonds is 7. The molecule has 1 heterocycles. The van der Waals surface area contributed by atoms with E-state index in [1.54, 1.807) is 0 Å². The molecule has 0 atom stereocenters. The normalized spacial score (nSPS) is 10.9. The highest BCUT2D eigenvalue weighted by Gasteiger charge is 2.08. The summed E-state index contributed by atoms with van der Waals surface area (Å²) in [6, 6.07) is 4.13. The van der Waals surface area contributed by atoms with Gasteiger partial charge in [0.1, 0.15) is 5.82 Å². The predicted molar refractivity (Wildman–Crippen MR) is 73.4 cm³/mol. The third-order valence-corrected chi connectivity index (χ3v) is 2.68. The first-order valence-electron chi connectivity index (χ1n) is 6.15. The molecule has 1 aromatic heterocycles. The number of hydrogen-bond acceptors (Lipinski definition) is 4. The van der Waals surface area contributed by atoms with Crippen molar-refractivity contribution in [1.29, 1.82) is 0 Å². The summed E-state index contributed by atoms with van der Waals surface area (Å²) in [5.41, 5.74) is 1.26. The number of nitrogens with one attached hydrogen (secondary N) is 1. The van der Waals surface area contributed by atoms with Gasteiger partial charge in [-0.25, -0.2) is 4.98 Å². The highest BCUT2D eigenvalue weighted by molar-refractivity contribution is 5.45. The van der Waals surface area contributed by atoms with Crippen LogP contribution in [0, 0.1) is 0 Å². The molecule has 0 bridgehead atoms. The van der Waals surface area contributed by atoms with Gasteiger partial charge in [0.05, 0.1) is 0 Å². The minimum atomic E-state index is 0.881. The molecular formula is C13H24N4. The molecule has 0 amide bonds. The lowest BCUT2D eigenvalue weighted by molar-refractivity contribution is 0.416. The van der Waals surface area contributed by atoms with Crippen LogP contribution >= 0.6 is 0 Å². The summed E-state index contributed by atoms with van der Waals surface area (Å²) < 4.78 is 0. The van der Waals surface area contributed by atoms with Crippen molar-refractivity contribution < 1.29 is 0 Å². The van der Waals surface area contributed by atoms with E-state index < -0.39 is 0 Å². The minimum Gasteiger partial charge on any atom is -0.358 e. The Hall–Kier alpha value is -1.13. The Morgan fingerprint density at radius 3 is 2.65 bits per heavy atom. The molecule has 0 radical (unpaired) electrons. The fourth-order valence-corrected chi connectivity index (χ4v) is 1.63. The van der Waals surface area contributed by atoms with Crippen molar-refractivity contribution in [3.8, 4) is 0 Å². The number of pyridine rings is 1. The maximum Gasteiger partial charge on any atom is 0.132 e. The summed E-state index contributed by atoms with van der Waals surface area (Å²) in [7, 11) is 6.28. The molecule has 4 heteroatoms. The van der Waals surface area contributed by atoms with Crippen molar-refractivity contribution in [1.82, 2.24) is 15.2 Å². The minimum absolute atomic E-state index is 0.881. The van der Waals surface area contributed by atoms with Gasteiger partial charge >= 0.3 is 0 Å². The lowest BCUT2D eigenvalue weighted by Crippen LogP contribution is -2.30. The lowest BCUT2D eigenvalue weighted by Gasteiger charge is -2.23. The van der Waals surface area contributed by atoms with E-state index in [2.05, 4.69) is 54.2 Å². The van der Waals surface area contributed by atoms with Crippen molar-refractivity contribution in [3.05, 3.63) is 23.9 Å². The van der Waals surface area contributed by atoms with Crippen molar-refractivity contribution in [2.75, 3.05) is 45.7 Å². The molecule has 17 heavy (non-hydrogen) atoms. The number of anilines is 1. The second-order valence-corrected chi connectivity index (χ2v) is 4.49. The molecule has 1 N–H and O–H groups in total. The van der Waals surface area contributed by atoms with E-state index in [0.717, 1.165) is 32.0 Å². The summed E-state index contributed by atoms with van der Waals surface area (Å²) in [4.78, 5) is 8.88. The Kier molecular flexibility index (Phi) is 5.94. The number of likely N-dealkylation sites (N-methyl/N-ethyl adjacent to an activating group) is 2. The van der Waals surface area contributed by atoms with Crippen LogP contribution in [-0.2, 0) is 6.54 Å². The highest BCUT2D eigenvalue weighted by atomic mass is 15.2. The van der Waals surface area contributed by atoms with Crippen molar-refractivity contribution in [3.63, 3.8) is 0 Å². The topological polar surface area (TPSA) is 31.4 Å². The Morgan fingerprint density at radius 2 is 2.00 bits per heavy atom. The molecule has 0 aliphatic heterocycles. The van der Waals surface area contributed by atoms with Gasteiger partial charge in [0.25, 0.3) is 0 Å². The van der Waals surface area contributed by atoms with E-state index in [4.69, 9.17) is 0 Å². The van der Waals surface area contributed by atoms with Crippen LogP contribution in [0.15, 0.2) is 18.3 Å². The van der Waals surface area contributed by atoms with Gasteiger partial charge in [0.2, 0.25) is 0 Å². The molecule has 0 fully saturated rings. The first kappa shape index (κ1) is 13.9. The van der Waals surface area contributed by atoms with E-state index in [9.17, 15) is 0 Å². The second-order valence-electron chi connectivity index (χ2n) is 4.49. The fourth-order valence-electron chi connectivity index (χ4n) is 1.63. The summed E-state index contributed by atoms with van der Waals surface area (Å²) >= 11 is 0. The average molecular weight is 236 g/mol. The Balaban J connectivity index is 2.67. The zero-order chi connectivity index (χ0) is 12.7. The van der Waals surface area contributed by atoms with Gasteiger partial charge in [-0.05, 0) is 26.7 Å². The summed E-state index contributed by atoms with van der Waals surface area (Å²) in [5.74, 6) is 1.08. The Labute approximate surface area is 105 Å². The molecule has 1 aromatic rings. The van der Waals surface area contributed by atoms with Gasteiger partial charge in [0, 0.05) is 38.4 Å². The molecule has 0 aliphatic carbocycles. The molecule has 0 saturated carbocycles. The van der Waals surface area contributed by atoms with Crippen molar-refractivity contribution in [2.24, 2.45) is 0 Å². The third-order valence-electron chi connectivity index (χ3n) is 2.68. The SMILES string of the molecule is CCNCc1cccnc1N(C)CCN(C)C. The van der Waals surface area contributed by atoms with Gasteiger partial charge in [-0.1, -0.05) is 13.0 Å². The van der Waals surface area contributed by atoms with Crippen LogP contribution in [0.1, 0.15) is 12.5 Å². The van der Waals surface area contributed by atoms with Gasteiger partial charge in [-0.15, -0.1) is 0 Å². The van der Waals surface area contributed by atoms with Gasteiger partial charge in [0.15, 0.2) is 0 Å². The molecule has 1 rings (SSSR count). The molecular weight excluding hydrogens is 212 g/mol. The van der Waals surface area contributed by atoms with Gasteiger partial charge in [-0.2, -0.15) is 0 Å². The maximum atomic E-state index is 4.48. The van der Waals surface area contributed by atoms with E-state index in [1.165, 1.54) is 5.56 Å². The molecule has 0 spiro atoms. The first-order chi connectivity index (χ1) is 8.15. The quantitative estimate of drug-likeness (QED) is 0.770. The average Bonchev–Trinajstić information content (AvgIpc) is 2.33. The van der Waals surface area contributed by atoms with Crippen LogP contribution < -0.4 is 10.2 Å². The molecule has 0 aliphatic rings. The predicted octanol–water partition coefficient (Wildman–Crippen LogP) is 1.19. The first-order valence-corrected chi connectivity index (χ1v) is 6.15. The van der Waals surface area contributed by atoms with Crippen LogP contribution in [0.3, 0.4) is 0 Å². The summed E-state index contributed by atoms with van der Waals surface area (Å²) in [5, 5.41) is 3.35. The van der Waals surface area contributed by atoms with Crippen LogP contribution in [0.4, 0.5) is 5.82 Å². The van der Waals surface area contributed by atoms with Crippen LogP contribution in [0.5, 0.6) is 0 Å². The van der Waals surface area contributed by atoms with Gasteiger partial charge in [-0.3, -0.25) is 0 Å². The largest absolute Gasteiger partial charge is 0.358 e. The zero-order valence-electron chi connectivity index (χ0n) is 11.4. The standard InChI is InChI=1S/C13H24N4/c1-5-14-11-12-7-6-8-15-13(12)17(4)10-9-16(2)3/h6-8,14H,5,9-11H2,1-4H3. The van der Waals surface area contributed by atoms with E-state index in [0.29, 0.717) is 0 Å². The van der Waals surface area contributed by atoms with Gasteiger partial charge < -0.3 is 15.1 Å². The molecule has 0 saturated heterocycles. The number of aromatic nitrogens is 1. The van der Waals surface area contributed by atoms with Crippen molar-refractivity contribution in [2.45, 2.75) is 13.5 Å². The molecule has 4 nitrogen and oxygen atoms in total. The van der Waals surface area contributed by atoms with Crippen LogP contribution in [0.2, 0.25) is 0 Å². The third kappa shape index (κ3) is 4.71. The summed E-state index contributed by atoms with van der Waals surface area (Å²) in [6.45, 7) is 6.00. The Bertz CT molecular complexity index is 325. The smallest absolute Gasteiger partial charge is 0.132 e. The number of hydrogen-bond donors (Lipinski definition) is 1. The van der Waals surface area contributed by atoms with E-state index in [-0.39, 0.29) is 0 Å². The molecule has 0 unspecified atom stereocenters.